The first kappa shape index (κ1) is 41.1. The van der Waals surface area contributed by atoms with Crippen LogP contribution >= 0.6 is 0 Å². The molecule has 54 heavy (non-hydrogen) atoms. The minimum Gasteiger partial charge on any atom is -0.478 e. The zero-order valence-electron chi connectivity index (χ0n) is 33.9. The fourth-order valence-corrected chi connectivity index (χ4v) is 14.0. The first-order valence-electron chi connectivity index (χ1n) is 21.0. The van der Waals surface area contributed by atoms with Gasteiger partial charge in [0.1, 0.15) is 5.82 Å². The third kappa shape index (κ3) is 7.51. The van der Waals surface area contributed by atoms with Crippen LogP contribution in [0, 0.1) is 57.1 Å². The maximum atomic E-state index is 15.5. The van der Waals surface area contributed by atoms with Gasteiger partial charge in [-0.1, -0.05) is 71.8 Å². The minimum atomic E-state index is -2.91. The molecule has 0 radical (unpaired) electrons. The average molecular weight is 767 g/mol. The quantitative estimate of drug-likeness (QED) is 0.163. The summed E-state index contributed by atoms with van der Waals surface area (Å²) in [6.07, 6.45) is 14.6. The highest BCUT2D eigenvalue weighted by atomic mass is 32.2. The number of hydrogen-bond acceptors (Lipinski definition) is 5. The summed E-state index contributed by atoms with van der Waals surface area (Å²) in [5.74, 6) is 1.00. The predicted octanol–water partition coefficient (Wildman–Crippen LogP) is 9.19. The molecule has 2 N–H and O–H groups in total. The third-order valence-corrected chi connectivity index (χ3v) is 17.7. The number of aromatic carboxylic acids is 1. The van der Waals surface area contributed by atoms with Crippen molar-refractivity contribution in [3.05, 3.63) is 53.4 Å². The van der Waals surface area contributed by atoms with Crippen LogP contribution in [0.1, 0.15) is 135 Å². The zero-order valence-corrected chi connectivity index (χ0v) is 34.8. The van der Waals surface area contributed by atoms with E-state index in [0.29, 0.717) is 48.9 Å². The van der Waals surface area contributed by atoms with Gasteiger partial charge in [0.2, 0.25) is 5.91 Å². The number of carbonyl (C=O) groups is 2. The van der Waals surface area contributed by atoms with Crippen molar-refractivity contribution in [2.45, 2.75) is 119 Å². The van der Waals surface area contributed by atoms with Crippen molar-refractivity contribution in [1.82, 2.24) is 10.2 Å². The number of carboxylic acids is 1. The normalized spacial score (nSPS) is 36.1. The van der Waals surface area contributed by atoms with E-state index in [2.05, 4.69) is 64.4 Å². The van der Waals surface area contributed by atoms with Gasteiger partial charge < -0.3 is 15.3 Å². The molecule has 1 heterocycles. The summed E-state index contributed by atoms with van der Waals surface area (Å²) in [6, 6.07) is 4.35. The molecule has 3 unspecified atom stereocenters. The highest BCUT2D eigenvalue weighted by Crippen LogP contribution is 2.67. The lowest BCUT2D eigenvalue weighted by atomic mass is 9.46. The number of amides is 1. The number of sulfone groups is 1. The van der Waals surface area contributed by atoms with Crippen LogP contribution in [0.25, 0.3) is 5.57 Å². The Balaban J connectivity index is 1.20. The van der Waals surface area contributed by atoms with Crippen molar-refractivity contribution in [3.63, 3.8) is 0 Å². The molecule has 1 aliphatic heterocycles. The molecule has 4 fully saturated rings. The molecular weight excluding hydrogens is 700 g/mol. The van der Waals surface area contributed by atoms with E-state index in [-0.39, 0.29) is 50.6 Å². The van der Waals surface area contributed by atoms with E-state index in [1.165, 1.54) is 18.1 Å². The van der Waals surface area contributed by atoms with Crippen LogP contribution in [0.3, 0.4) is 0 Å². The lowest BCUT2D eigenvalue weighted by molar-refractivity contribution is -0.144. The van der Waals surface area contributed by atoms with E-state index in [0.717, 1.165) is 88.8 Å². The monoisotopic (exact) mass is 766 g/mol. The van der Waals surface area contributed by atoms with E-state index < -0.39 is 21.6 Å². The molecule has 5 aliphatic rings. The highest BCUT2D eigenvalue weighted by molar-refractivity contribution is 7.91. The molecule has 3 saturated carbocycles. The van der Waals surface area contributed by atoms with Gasteiger partial charge in [-0.05, 0) is 141 Å². The molecule has 7 nitrogen and oxygen atoms in total. The van der Waals surface area contributed by atoms with Crippen LogP contribution < -0.4 is 5.32 Å². The van der Waals surface area contributed by atoms with Crippen LogP contribution in [0.5, 0.6) is 0 Å². The van der Waals surface area contributed by atoms with Gasteiger partial charge in [0, 0.05) is 25.2 Å². The topological polar surface area (TPSA) is 104 Å². The fraction of sp³-hybridized carbons (Fsp3) is 0.733. The number of fused-ring (bicyclic) bond motifs is 2. The summed E-state index contributed by atoms with van der Waals surface area (Å²) in [5.41, 5.74) is 2.27. The molecule has 1 aromatic rings. The van der Waals surface area contributed by atoms with Gasteiger partial charge in [0.15, 0.2) is 9.84 Å². The lowest BCUT2D eigenvalue weighted by Crippen LogP contribution is -2.54. The molecule has 300 valence electrons. The molecular formula is C45H67FN2O5S. The number of rotatable bonds is 12. The van der Waals surface area contributed by atoms with Crippen molar-refractivity contribution in [2.75, 3.05) is 37.7 Å². The summed E-state index contributed by atoms with van der Waals surface area (Å²) in [7, 11) is -2.91. The standard InChI is InChI=1S/C45H67FN2O5S/c1-8-43(6)21-22-45(41(51)47-23-10-24-48-25-27-54(52,53)28-26-48)20-17-33(30(2)3)39(45)36(43)16-14-32-11-9-12-38-42(4,5)35(18-19-44(32,38)7)34-15-13-31(40(49)50)29-37(34)46/h13,15,18,29,32-33,36,38-39H,2,8-12,14,16-17,19-28H2,1,3-7H3,(H,47,51)(H,49,50)/t32?,33-,36+,38?,39?,43+,44+,45-/m0/s1. The number of nitrogens with one attached hydrogen (secondary N) is 1. The summed E-state index contributed by atoms with van der Waals surface area (Å²) in [5, 5.41) is 12.8. The summed E-state index contributed by atoms with van der Waals surface area (Å²) in [4.78, 5) is 28.2. The number of halogens is 1. The number of carbonyl (C=O) groups excluding carboxylic acids is 1. The average Bonchev–Trinajstić information content (AvgIpc) is 3.52. The Morgan fingerprint density at radius 2 is 1.76 bits per heavy atom. The van der Waals surface area contributed by atoms with Gasteiger partial charge in [-0.15, -0.1) is 0 Å². The molecule has 1 saturated heterocycles. The smallest absolute Gasteiger partial charge is 0.335 e. The number of benzene rings is 1. The van der Waals surface area contributed by atoms with Crippen molar-refractivity contribution >= 4 is 27.3 Å². The number of allylic oxidation sites excluding steroid dienone is 3. The van der Waals surface area contributed by atoms with Crippen molar-refractivity contribution < 1.29 is 27.5 Å². The zero-order chi connectivity index (χ0) is 39.3. The third-order valence-electron chi connectivity index (χ3n) is 16.1. The maximum absolute atomic E-state index is 15.5. The SMILES string of the molecule is C=C(C)[C@@H]1CC[C@]2(C(=O)NCCCN3CCS(=O)(=O)CC3)CC[C@@](C)(CC)[C@H](CCC3CCCC4C(C)(C)C(c5ccc(C(=O)O)cc5F)=CC[C@]34C)C12. The highest BCUT2D eigenvalue weighted by Gasteiger charge is 2.62. The summed E-state index contributed by atoms with van der Waals surface area (Å²) >= 11 is 0. The van der Waals surface area contributed by atoms with E-state index in [1.807, 2.05) is 0 Å². The van der Waals surface area contributed by atoms with Gasteiger partial charge in [-0.25, -0.2) is 17.6 Å². The lowest BCUT2D eigenvalue weighted by Gasteiger charge is -2.58. The largest absolute Gasteiger partial charge is 0.478 e. The van der Waals surface area contributed by atoms with Crippen molar-refractivity contribution in [1.29, 1.82) is 0 Å². The second-order valence-corrected chi connectivity index (χ2v) is 21.5. The second-order valence-electron chi connectivity index (χ2n) is 19.2. The molecule has 8 atom stereocenters. The molecule has 1 amide bonds. The molecule has 9 heteroatoms. The van der Waals surface area contributed by atoms with Gasteiger partial charge in [-0.2, -0.15) is 0 Å². The van der Waals surface area contributed by atoms with E-state index in [4.69, 9.17) is 0 Å². The van der Waals surface area contributed by atoms with Gasteiger partial charge in [-0.3, -0.25) is 4.79 Å². The van der Waals surface area contributed by atoms with Crippen LogP contribution in [-0.2, 0) is 14.6 Å². The number of nitrogens with zero attached hydrogens (tertiary/aromatic N) is 1. The first-order chi connectivity index (χ1) is 25.4. The summed E-state index contributed by atoms with van der Waals surface area (Å²) in [6.45, 7) is 21.1. The van der Waals surface area contributed by atoms with E-state index in [9.17, 15) is 23.1 Å². The predicted molar refractivity (Wildman–Crippen MR) is 215 cm³/mol. The molecule has 4 aliphatic carbocycles. The summed E-state index contributed by atoms with van der Waals surface area (Å²) < 4.78 is 39.2. The van der Waals surface area contributed by atoms with Gasteiger partial charge in [0.25, 0.3) is 0 Å². The Labute approximate surface area is 324 Å². The Bertz CT molecular complexity index is 1740. The minimum absolute atomic E-state index is 0.0264. The molecule has 1 aromatic carbocycles. The molecule has 6 rings (SSSR count). The number of hydrogen-bond donors (Lipinski definition) is 2. The number of carboxylic acid groups (broad SMARTS) is 1. The van der Waals surface area contributed by atoms with E-state index in [1.54, 1.807) is 6.07 Å². The Morgan fingerprint density at radius 1 is 1.04 bits per heavy atom. The Hall–Kier alpha value is -2.52. The van der Waals surface area contributed by atoms with E-state index >= 15 is 4.39 Å². The Morgan fingerprint density at radius 3 is 2.41 bits per heavy atom. The van der Waals surface area contributed by atoms with Crippen molar-refractivity contribution in [3.8, 4) is 0 Å². The van der Waals surface area contributed by atoms with Crippen LogP contribution in [0.15, 0.2) is 36.4 Å². The Kier molecular flexibility index (Phi) is 11.8. The molecule has 0 bridgehead atoms. The van der Waals surface area contributed by atoms with Crippen molar-refractivity contribution in [2.24, 2.45) is 51.2 Å². The van der Waals surface area contributed by atoms with Gasteiger partial charge >= 0.3 is 5.97 Å². The van der Waals surface area contributed by atoms with Crippen LogP contribution in [-0.4, -0.2) is 68.0 Å². The second kappa shape index (κ2) is 15.4. The molecule has 0 spiro atoms. The maximum Gasteiger partial charge on any atom is 0.335 e. The first-order valence-corrected chi connectivity index (χ1v) is 22.8. The van der Waals surface area contributed by atoms with Gasteiger partial charge in [0.05, 0.1) is 22.5 Å². The molecule has 0 aromatic heterocycles. The van der Waals surface area contributed by atoms with Crippen LogP contribution in [0.2, 0.25) is 0 Å². The fourth-order valence-electron chi connectivity index (χ4n) is 12.7. The van der Waals surface area contributed by atoms with Crippen LogP contribution in [0.4, 0.5) is 4.39 Å².